The lowest BCUT2D eigenvalue weighted by atomic mass is 9.68. The fraction of sp³-hybridized carbons (Fsp3) is 0.636. The summed E-state index contributed by atoms with van der Waals surface area (Å²) in [5.74, 6) is 0.585. The number of allylic oxidation sites excluding steroid dienone is 5. The minimum absolute atomic E-state index is 0.164. The third-order valence-corrected chi connectivity index (χ3v) is 6.54. The third-order valence-electron chi connectivity index (χ3n) is 6.54. The Hall–Kier alpha value is -1.12. The second-order valence-electron chi connectivity index (χ2n) is 7.37. The lowest BCUT2D eigenvalue weighted by Crippen LogP contribution is -2.61. The number of hydrogen-bond donors (Lipinski definition) is 0. The second-order valence-corrected chi connectivity index (χ2v) is 7.37. The van der Waals surface area contributed by atoms with Gasteiger partial charge in [0, 0.05) is 12.5 Å². The lowest BCUT2D eigenvalue weighted by molar-refractivity contribution is 0.104. The molecule has 4 aliphatic carbocycles. The van der Waals surface area contributed by atoms with Crippen molar-refractivity contribution in [3.05, 3.63) is 46.1 Å². The van der Waals surface area contributed by atoms with Gasteiger partial charge in [0.2, 0.25) is 0 Å². The predicted octanol–water partition coefficient (Wildman–Crippen LogP) is 4.57. The molecular formula is C22H34N2. The Kier molecular flexibility index (Phi) is 4.90. The number of hydrogen-bond acceptors (Lipinski definition) is 2. The minimum Gasteiger partial charge on any atom is -0.301 e. The van der Waals surface area contributed by atoms with Crippen LogP contribution in [0.25, 0.3) is 0 Å². The largest absolute Gasteiger partial charge is 0.301 e. The van der Waals surface area contributed by atoms with Crippen LogP contribution in [0.2, 0.25) is 0 Å². The molecule has 0 fully saturated rings. The second kappa shape index (κ2) is 6.65. The third kappa shape index (κ3) is 2.23. The maximum atomic E-state index is 2.72. The van der Waals surface area contributed by atoms with Gasteiger partial charge in [-0.15, -0.1) is 0 Å². The van der Waals surface area contributed by atoms with Crippen LogP contribution in [0, 0.1) is 5.92 Å². The summed E-state index contributed by atoms with van der Waals surface area (Å²) in [6.07, 6.45) is 7.99. The zero-order chi connectivity index (χ0) is 17.5. The molecule has 0 aromatic carbocycles. The zero-order valence-corrected chi connectivity index (χ0v) is 16.4. The molecule has 0 aromatic rings. The minimum atomic E-state index is 0.164. The van der Waals surface area contributed by atoms with E-state index >= 15 is 0 Å². The first-order chi connectivity index (χ1) is 11.6. The van der Waals surface area contributed by atoms with E-state index in [0.29, 0.717) is 5.92 Å². The summed E-state index contributed by atoms with van der Waals surface area (Å²) in [6, 6.07) is 0. The van der Waals surface area contributed by atoms with Crippen LogP contribution in [-0.2, 0) is 0 Å². The summed E-state index contributed by atoms with van der Waals surface area (Å²) in [5, 5.41) is 0. The average molecular weight is 327 g/mol. The van der Waals surface area contributed by atoms with Gasteiger partial charge < -0.3 is 4.90 Å². The molecule has 0 saturated heterocycles. The van der Waals surface area contributed by atoms with Crippen molar-refractivity contribution in [1.82, 2.24) is 9.80 Å². The molecule has 2 heteroatoms. The van der Waals surface area contributed by atoms with Gasteiger partial charge in [-0.25, -0.2) is 0 Å². The Morgan fingerprint density at radius 2 is 1.75 bits per heavy atom. The predicted molar refractivity (Wildman–Crippen MR) is 104 cm³/mol. The van der Waals surface area contributed by atoms with Crippen LogP contribution in [0.15, 0.2) is 46.1 Å². The lowest BCUT2D eigenvalue weighted by Gasteiger charge is -2.53. The molecule has 0 amide bonds. The van der Waals surface area contributed by atoms with Gasteiger partial charge in [-0.1, -0.05) is 52.8 Å². The normalized spacial score (nSPS) is 28.5. The van der Waals surface area contributed by atoms with Gasteiger partial charge in [0.05, 0.1) is 5.54 Å². The van der Waals surface area contributed by atoms with Crippen molar-refractivity contribution in [3.8, 4) is 0 Å². The monoisotopic (exact) mass is 326 g/mol. The molecular weight excluding hydrogens is 292 g/mol. The molecule has 4 rings (SSSR count). The zero-order valence-electron chi connectivity index (χ0n) is 16.4. The maximum Gasteiger partial charge on any atom is 0.0821 e. The number of nitrogens with zero attached hydrogens (tertiary/aromatic N) is 2. The van der Waals surface area contributed by atoms with Gasteiger partial charge >= 0.3 is 0 Å². The van der Waals surface area contributed by atoms with E-state index in [1.807, 2.05) is 0 Å². The number of likely N-dealkylation sites (N-methyl/N-ethyl adjacent to an activating group) is 2. The maximum absolute atomic E-state index is 2.72. The highest BCUT2D eigenvalue weighted by molar-refractivity contribution is 5.75. The Morgan fingerprint density at radius 3 is 2.25 bits per heavy atom. The van der Waals surface area contributed by atoms with Gasteiger partial charge in [-0.3, -0.25) is 4.90 Å². The number of fused-ring (bicyclic) bond motifs is 1. The van der Waals surface area contributed by atoms with E-state index in [4.69, 9.17) is 0 Å². The number of rotatable bonds is 8. The van der Waals surface area contributed by atoms with E-state index in [2.05, 4.69) is 69.6 Å². The summed E-state index contributed by atoms with van der Waals surface area (Å²) >= 11 is 0. The first kappa shape index (κ1) is 17.7. The highest BCUT2D eigenvalue weighted by Crippen LogP contribution is 2.62. The van der Waals surface area contributed by atoms with Gasteiger partial charge in [0.15, 0.2) is 0 Å². The summed E-state index contributed by atoms with van der Waals surface area (Å²) in [6.45, 7) is 19.7. The molecule has 4 aliphatic rings. The Morgan fingerprint density at radius 1 is 1.08 bits per heavy atom. The van der Waals surface area contributed by atoms with Crippen LogP contribution in [0.5, 0.6) is 0 Å². The van der Waals surface area contributed by atoms with Crippen LogP contribution in [0.3, 0.4) is 0 Å². The van der Waals surface area contributed by atoms with Crippen LogP contribution in [0.4, 0.5) is 0 Å². The van der Waals surface area contributed by atoms with Gasteiger partial charge in [-0.2, -0.15) is 0 Å². The summed E-state index contributed by atoms with van der Waals surface area (Å²) < 4.78 is 0. The molecule has 2 nitrogen and oxygen atoms in total. The molecule has 2 bridgehead atoms. The Bertz CT molecular complexity index is 626. The molecule has 0 heterocycles. The molecule has 0 aliphatic heterocycles. The molecule has 0 N–H and O–H groups in total. The molecule has 0 aromatic heterocycles. The highest BCUT2D eigenvalue weighted by Gasteiger charge is 2.60. The van der Waals surface area contributed by atoms with Crippen molar-refractivity contribution >= 4 is 0 Å². The van der Waals surface area contributed by atoms with Crippen molar-refractivity contribution in [2.75, 3.05) is 32.7 Å². The first-order valence-electron chi connectivity index (χ1n) is 9.86. The van der Waals surface area contributed by atoms with Gasteiger partial charge in [0.1, 0.15) is 0 Å². The van der Waals surface area contributed by atoms with Crippen molar-refractivity contribution in [3.63, 3.8) is 0 Å². The molecule has 0 radical (unpaired) electrons. The quantitative estimate of drug-likeness (QED) is 0.644. The van der Waals surface area contributed by atoms with Crippen LogP contribution < -0.4 is 0 Å². The van der Waals surface area contributed by atoms with E-state index in [0.717, 1.165) is 39.1 Å². The van der Waals surface area contributed by atoms with Crippen molar-refractivity contribution in [2.24, 2.45) is 5.92 Å². The summed E-state index contributed by atoms with van der Waals surface area (Å²) in [5.41, 5.74) is 8.32. The van der Waals surface area contributed by atoms with Crippen LogP contribution >= 0.6 is 0 Å². The molecule has 0 spiro atoms. The average Bonchev–Trinajstić information content (AvgIpc) is 3.25. The molecule has 24 heavy (non-hydrogen) atoms. The van der Waals surface area contributed by atoms with Crippen molar-refractivity contribution in [1.29, 1.82) is 0 Å². The van der Waals surface area contributed by atoms with E-state index in [-0.39, 0.29) is 5.54 Å². The fourth-order valence-corrected chi connectivity index (χ4v) is 5.51. The summed E-state index contributed by atoms with van der Waals surface area (Å²) in [4.78, 5) is 5.33. The van der Waals surface area contributed by atoms with E-state index in [1.54, 1.807) is 27.9 Å². The molecule has 132 valence electrons. The van der Waals surface area contributed by atoms with Crippen LogP contribution in [-0.4, -0.2) is 48.1 Å². The summed E-state index contributed by atoms with van der Waals surface area (Å²) in [7, 11) is 0. The molecule has 2 unspecified atom stereocenters. The van der Waals surface area contributed by atoms with Crippen molar-refractivity contribution < 1.29 is 0 Å². The smallest absolute Gasteiger partial charge is 0.0821 e. The highest BCUT2D eigenvalue weighted by atomic mass is 15.3. The first-order valence-corrected chi connectivity index (χ1v) is 9.86. The van der Waals surface area contributed by atoms with E-state index in [9.17, 15) is 0 Å². The van der Waals surface area contributed by atoms with Crippen LogP contribution in [0.1, 0.15) is 48.0 Å². The topological polar surface area (TPSA) is 6.48 Å². The van der Waals surface area contributed by atoms with E-state index in [1.165, 1.54) is 0 Å². The molecule has 2 atom stereocenters. The van der Waals surface area contributed by atoms with Crippen molar-refractivity contribution in [2.45, 2.75) is 53.5 Å². The molecule has 0 saturated carbocycles. The SMILES string of the molecule is CCN(CC)CC1(N(CC)CC)C2=C(C3=CC=CC3)C(C)C1=C2C. The van der Waals surface area contributed by atoms with Gasteiger partial charge in [0.25, 0.3) is 0 Å². The Balaban J connectivity index is 2.10. The fourth-order valence-electron chi connectivity index (χ4n) is 5.51. The standard InChI is InChI=1S/C22H34N2/c1-7-23(8-2)15-22(24(9-3)10-4)20-16(5)19(21(22)17(20)6)18-13-11-12-14-18/h11-13,16H,7-10,14-15H2,1-6H3. The van der Waals surface area contributed by atoms with Gasteiger partial charge in [-0.05, 0) is 67.4 Å². The van der Waals surface area contributed by atoms with E-state index < -0.39 is 0 Å². The Labute approximate surface area is 148 Å².